The maximum Gasteiger partial charge on any atom is 0.416 e. The SMILES string of the molecule is C=C[C@H]1CN2CC[C@H]1C[C@@H]2[C@@H](Nc1c(Nc2cc(C(F)(F)F)cc(C(F)(F)F)c2)c(=O)c1=O)c1cc(-c2ccccc2)nc2ccc(OC)cc12. The predicted molar refractivity (Wildman–Crippen MR) is 183 cm³/mol. The Morgan fingerprint density at radius 2 is 1.61 bits per heavy atom. The molecule has 2 N–H and O–H groups in total. The summed E-state index contributed by atoms with van der Waals surface area (Å²) in [5.74, 6) is 1.08. The number of aromatic nitrogens is 1. The number of methoxy groups -OCH3 is 1. The minimum atomic E-state index is -5.10. The van der Waals surface area contributed by atoms with Gasteiger partial charge in [-0.25, -0.2) is 4.98 Å². The van der Waals surface area contributed by atoms with E-state index in [4.69, 9.17) is 9.72 Å². The third-order valence-electron chi connectivity index (χ3n) is 10.1. The van der Waals surface area contributed by atoms with Crippen LogP contribution in [0.4, 0.5) is 43.4 Å². The van der Waals surface area contributed by atoms with Gasteiger partial charge in [0.05, 0.1) is 35.5 Å². The first kappa shape index (κ1) is 34.3. The molecule has 4 aromatic carbocycles. The van der Waals surface area contributed by atoms with Crippen LogP contribution >= 0.6 is 0 Å². The monoisotopic (exact) mass is 706 g/mol. The molecule has 4 heterocycles. The van der Waals surface area contributed by atoms with E-state index in [1.807, 2.05) is 54.6 Å². The number of hydrogen-bond acceptors (Lipinski definition) is 7. The highest BCUT2D eigenvalue weighted by atomic mass is 19.4. The van der Waals surface area contributed by atoms with Gasteiger partial charge in [-0.3, -0.25) is 14.5 Å². The van der Waals surface area contributed by atoms with E-state index in [1.54, 1.807) is 6.07 Å². The van der Waals surface area contributed by atoms with Crippen LogP contribution in [0.5, 0.6) is 5.75 Å². The second-order valence-corrected chi connectivity index (χ2v) is 13.0. The highest BCUT2D eigenvalue weighted by Gasteiger charge is 2.44. The predicted octanol–water partition coefficient (Wildman–Crippen LogP) is 8.34. The summed E-state index contributed by atoms with van der Waals surface area (Å²) in [6.07, 6.45) is -6.63. The summed E-state index contributed by atoms with van der Waals surface area (Å²) in [6.45, 7) is 5.48. The Morgan fingerprint density at radius 1 is 0.922 bits per heavy atom. The van der Waals surface area contributed by atoms with E-state index in [9.17, 15) is 35.9 Å². The van der Waals surface area contributed by atoms with Crippen molar-refractivity contribution in [2.45, 2.75) is 37.3 Å². The van der Waals surface area contributed by atoms with E-state index in [2.05, 4.69) is 22.1 Å². The fraction of sp³-hybridized carbons (Fsp3) is 0.289. The molecule has 1 aromatic heterocycles. The lowest BCUT2D eigenvalue weighted by atomic mass is 9.72. The van der Waals surface area contributed by atoms with Gasteiger partial charge in [0.1, 0.15) is 17.1 Å². The Balaban J connectivity index is 1.37. The van der Waals surface area contributed by atoms with Crippen LogP contribution in [0, 0.1) is 11.8 Å². The number of anilines is 3. The number of halogens is 6. The molecule has 3 aliphatic heterocycles. The molecule has 0 saturated carbocycles. The smallest absolute Gasteiger partial charge is 0.416 e. The van der Waals surface area contributed by atoms with Crippen LogP contribution in [0.15, 0.2) is 95.0 Å². The number of fused-ring (bicyclic) bond motifs is 4. The van der Waals surface area contributed by atoms with Crippen LogP contribution in [0.2, 0.25) is 0 Å². The normalized spacial score (nSPS) is 21.1. The first-order valence-electron chi connectivity index (χ1n) is 16.3. The number of benzene rings is 3. The lowest BCUT2D eigenvalue weighted by Gasteiger charge is -2.52. The molecule has 0 aliphatic carbocycles. The largest absolute Gasteiger partial charge is 0.497 e. The fourth-order valence-electron chi connectivity index (χ4n) is 7.45. The highest BCUT2D eigenvalue weighted by Crippen LogP contribution is 2.45. The van der Waals surface area contributed by atoms with E-state index in [0.29, 0.717) is 47.4 Å². The molecule has 8 rings (SSSR count). The lowest BCUT2D eigenvalue weighted by Crippen LogP contribution is -2.56. The number of piperidine rings is 3. The molecule has 0 spiro atoms. The Kier molecular flexibility index (Phi) is 8.65. The van der Waals surface area contributed by atoms with Crippen LogP contribution < -0.4 is 26.2 Å². The number of ether oxygens (including phenoxy) is 1. The van der Waals surface area contributed by atoms with Crippen molar-refractivity contribution in [1.29, 1.82) is 0 Å². The Morgan fingerprint density at radius 3 is 2.22 bits per heavy atom. The average molecular weight is 707 g/mol. The number of nitrogens with one attached hydrogen (secondary N) is 2. The Bertz CT molecular complexity index is 2160. The third kappa shape index (κ3) is 6.46. The fourth-order valence-corrected chi connectivity index (χ4v) is 7.45. The standard InChI is InChI=1S/C38H32F6N4O3/c1-3-20-19-48-12-11-22(20)13-31(48)32(28-18-30(21-7-5-4-6-8-21)46-29-10-9-26(51-2)17-27(28)29)47-34-33(35(49)36(34)50)45-25-15-23(37(39,40)41)14-24(16-25)38(42,43)44/h3-10,14-18,20,22,31-32,45,47H,1,11-13,19H2,2H3/t20-,22-,31+,32-/m0/s1. The van der Waals surface area contributed by atoms with Crippen molar-refractivity contribution in [3.8, 4) is 17.0 Å². The van der Waals surface area contributed by atoms with Gasteiger partial charge in [-0.05, 0) is 79.3 Å². The molecule has 7 nitrogen and oxygen atoms in total. The van der Waals surface area contributed by atoms with Crippen molar-refractivity contribution in [2.24, 2.45) is 11.8 Å². The molecular weight excluding hydrogens is 674 g/mol. The molecule has 3 aliphatic rings. The van der Waals surface area contributed by atoms with Crippen molar-refractivity contribution in [3.05, 3.63) is 123 Å². The first-order chi connectivity index (χ1) is 24.2. The van der Waals surface area contributed by atoms with E-state index < -0.39 is 51.8 Å². The van der Waals surface area contributed by atoms with Crippen LogP contribution in [-0.2, 0) is 12.4 Å². The van der Waals surface area contributed by atoms with Gasteiger partial charge in [0.25, 0.3) is 10.9 Å². The molecule has 51 heavy (non-hydrogen) atoms. The Hall–Kier alpha value is -5.17. The number of nitrogens with zero attached hydrogens (tertiary/aromatic N) is 2. The summed E-state index contributed by atoms with van der Waals surface area (Å²) in [5.41, 5.74) is -3.58. The summed E-state index contributed by atoms with van der Waals surface area (Å²) >= 11 is 0. The van der Waals surface area contributed by atoms with E-state index in [-0.39, 0.29) is 29.6 Å². The van der Waals surface area contributed by atoms with Gasteiger partial charge in [0.15, 0.2) is 0 Å². The van der Waals surface area contributed by atoms with Crippen LogP contribution in [-0.4, -0.2) is 36.1 Å². The highest BCUT2D eigenvalue weighted by molar-refractivity contribution is 5.88. The number of rotatable bonds is 9. The second kappa shape index (κ2) is 12.9. The average Bonchev–Trinajstić information content (AvgIpc) is 3.13. The van der Waals surface area contributed by atoms with Gasteiger partial charge in [0.2, 0.25) is 0 Å². The maximum atomic E-state index is 13.6. The first-order valence-corrected chi connectivity index (χ1v) is 16.3. The molecule has 1 unspecified atom stereocenters. The van der Waals surface area contributed by atoms with E-state index >= 15 is 0 Å². The van der Waals surface area contributed by atoms with Gasteiger partial charge in [-0.1, -0.05) is 36.4 Å². The third-order valence-corrected chi connectivity index (χ3v) is 10.1. The zero-order valence-electron chi connectivity index (χ0n) is 27.2. The molecule has 13 heteroatoms. The zero-order chi connectivity index (χ0) is 36.2. The van der Waals surface area contributed by atoms with E-state index in [1.165, 1.54) is 7.11 Å². The molecule has 3 fully saturated rings. The topological polar surface area (TPSA) is 83.6 Å². The number of pyridine rings is 1. The molecule has 0 amide bonds. The van der Waals surface area contributed by atoms with Crippen molar-refractivity contribution in [3.63, 3.8) is 0 Å². The summed E-state index contributed by atoms with van der Waals surface area (Å²) in [6, 6.07) is 16.8. The Labute approximate surface area is 288 Å². The van der Waals surface area contributed by atoms with Crippen molar-refractivity contribution < 1.29 is 31.1 Å². The van der Waals surface area contributed by atoms with Gasteiger partial charge < -0.3 is 15.4 Å². The maximum absolute atomic E-state index is 13.6. The summed E-state index contributed by atoms with van der Waals surface area (Å²) in [7, 11) is 1.53. The lowest BCUT2D eigenvalue weighted by molar-refractivity contribution is -0.143. The molecule has 264 valence electrons. The molecule has 5 atom stereocenters. The van der Waals surface area contributed by atoms with E-state index in [0.717, 1.165) is 24.1 Å². The van der Waals surface area contributed by atoms with Crippen LogP contribution in [0.3, 0.4) is 0 Å². The molecule has 3 saturated heterocycles. The van der Waals surface area contributed by atoms with Gasteiger partial charge in [-0.15, -0.1) is 6.58 Å². The minimum absolute atomic E-state index is 0.00127. The second-order valence-electron chi connectivity index (χ2n) is 13.0. The number of hydrogen-bond donors (Lipinski definition) is 2. The summed E-state index contributed by atoms with van der Waals surface area (Å²) in [5, 5.41) is 6.40. The minimum Gasteiger partial charge on any atom is -0.497 e. The van der Waals surface area contributed by atoms with Gasteiger partial charge in [0, 0.05) is 29.2 Å². The van der Waals surface area contributed by atoms with Crippen molar-refractivity contribution in [2.75, 3.05) is 30.8 Å². The summed E-state index contributed by atoms with van der Waals surface area (Å²) in [4.78, 5) is 33.4. The summed E-state index contributed by atoms with van der Waals surface area (Å²) < 4.78 is 87.4. The molecule has 5 aromatic rings. The van der Waals surface area contributed by atoms with Crippen molar-refractivity contribution in [1.82, 2.24) is 9.88 Å². The molecular formula is C38H32F6N4O3. The van der Waals surface area contributed by atoms with Gasteiger partial charge >= 0.3 is 12.4 Å². The zero-order valence-corrected chi connectivity index (χ0v) is 27.2. The molecule has 2 bridgehead atoms. The molecule has 0 radical (unpaired) electrons. The number of alkyl halides is 6. The van der Waals surface area contributed by atoms with Crippen LogP contribution in [0.25, 0.3) is 22.2 Å². The van der Waals surface area contributed by atoms with Crippen LogP contribution in [0.1, 0.15) is 35.6 Å². The quantitative estimate of drug-likeness (QED) is 0.0906. The van der Waals surface area contributed by atoms with Gasteiger partial charge in [-0.2, -0.15) is 26.3 Å². The van der Waals surface area contributed by atoms with Crippen molar-refractivity contribution >= 4 is 28.0 Å².